The summed E-state index contributed by atoms with van der Waals surface area (Å²) < 4.78 is 26.8. The molecule has 0 unspecified atom stereocenters. The molecule has 1 aromatic heterocycles. The van der Waals surface area contributed by atoms with Gasteiger partial charge in [0.15, 0.2) is 0 Å². The molecule has 0 spiro atoms. The largest absolute Gasteiger partial charge is 0.323 e. The van der Waals surface area contributed by atoms with Gasteiger partial charge in [0.05, 0.1) is 6.20 Å². The average Bonchev–Trinajstić information content (AvgIpc) is 2.92. The van der Waals surface area contributed by atoms with Crippen molar-refractivity contribution >= 4 is 22.0 Å². The summed E-state index contributed by atoms with van der Waals surface area (Å²) in [6, 6.07) is 7.96. The minimum absolute atomic E-state index is 0.241. The second kappa shape index (κ2) is 6.74. The number of nitrogens with zero attached hydrogens (tertiary/aromatic N) is 4. The van der Waals surface area contributed by atoms with Gasteiger partial charge in [0, 0.05) is 19.0 Å². The van der Waals surface area contributed by atoms with Crippen LogP contribution in [0.1, 0.15) is 23.6 Å². The Morgan fingerprint density at radius 2 is 2.09 bits per heavy atom. The van der Waals surface area contributed by atoms with Crippen LogP contribution in [0.2, 0.25) is 0 Å². The van der Waals surface area contributed by atoms with Crippen molar-refractivity contribution in [3.8, 4) is 6.07 Å². The Labute approximate surface area is 140 Å². The maximum atomic E-state index is 12.4. The molecule has 0 N–H and O–H groups in total. The Hall–Kier alpha value is -1.82. The van der Waals surface area contributed by atoms with E-state index >= 15 is 0 Å². The number of nitriles is 1. The lowest BCUT2D eigenvalue weighted by atomic mass is 10.1. The highest BCUT2D eigenvalue weighted by molar-refractivity contribution is 8.00. The molecule has 0 amide bonds. The van der Waals surface area contributed by atoms with Crippen LogP contribution in [0.4, 0.5) is 0 Å². The standard InChI is InChI=1S/C15H18N4O2S2/c1-5-12-8-6-7-11(2)14(12)22-15-13(9-16)10-17-19(15)23(20,21)18(3)4/h6-8,10H,5H2,1-4H3. The highest BCUT2D eigenvalue weighted by Crippen LogP contribution is 2.36. The molecule has 2 rings (SSSR count). The molecule has 0 bridgehead atoms. The van der Waals surface area contributed by atoms with E-state index in [4.69, 9.17) is 0 Å². The van der Waals surface area contributed by atoms with E-state index in [0.717, 1.165) is 30.8 Å². The van der Waals surface area contributed by atoms with E-state index in [-0.39, 0.29) is 5.56 Å². The summed E-state index contributed by atoms with van der Waals surface area (Å²) in [5, 5.41) is 13.5. The third-order valence-corrected chi connectivity index (χ3v) is 6.50. The van der Waals surface area contributed by atoms with E-state index in [0.29, 0.717) is 5.03 Å². The molecule has 1 aromatic carbocycles. The highest BCUT2D eigenvalue weighted by atomic mass is 32.2. The Kier molecular flexibility index (Phi) is 5.14. The van der Waals surface area contributed by atoms with E-state index in [9.17, 15) is 13.7 Å². The van der Waals surface area contributed by atoms with Crippen LogP contribution in [0.3, 0.4) is 0 Å². The van der Waals surface area contributed by atoms with Gasteiger partial charge in [-0.05, 0) is 24.5 Å². The molecule has 2 aromatic rings. The molecule has 8 heteroatoms. The summed E-state index contributed by atoms with van der Waals surface area (Å²) in [5.41, 5.74) is 2.38. The Morgan fingerprint density at radius 3 is 2.65 bits per heavy atom. The van der Waals surface area contributed by atoms with Crippen LogP contribution in [0.25, 0.3) is 0 Å². The minimum atomic E-state index is -3.78. The van der Waals surface area contributed by atoms with Gasteiger partial charge in [-0.25, -0.2) is 0 Å². The first-order chi connectivity index (χ1) is 10.8. The van der Waals surface area contributed by atoms with Gasteiger partial charge in [0.1, 0.15) is 16.7 Å². The maximum Gasteiger partial charge on any atom is 0.323 e. The molecule has 122 valence electrons. The molecule has 1 heterocycles. The van der Waals surface area contributed by atoms with Gasteiger partial charge in [0.25, 0.3) is 0 Å². The third-order valence-electron chi connectivity index (χ3n) is 3.37. The van der Waals surface area contributed by atoms with Gasteiger partial charge in [-0.1, -0.05) is 36.9 Å². The van der Waals surface area contributed by atoms with Crippen molar-refractivity contribution in [1.29, 1.82) is 5.26 Å². The third kappa shape index (κ3) is 3.27. The fourth-order valence-corrected chi connectivity index (χ4v) is 4.32. The Morgan fingerprint density at radius 1 is 1.39 bits per heavy atom. The number of hydrogen-bond donors (Lipinski definition) is 0. The topological polar surface area (TPSA) is 79.0 Å². The fraction of sp³-hybridized carbons (Fsp3) is 0.333. The smallest absolute Gasteiger partial charge is 0.192 e. The molecule has 6 nitrogen and oxygen atoms in total. The maximum absolute atomic E-state index is 12.4. The van der Waals surface area contributed by atoms with E-state index in [1.807, 2.05) is 38.1 Å². The van der Waals surface area contributed by atoms with Crippen molar-refractivity contribution in [1.82, 2.24) is 13.5 Å². The Balaban J connectivity index is 2.62. The number of benzene rings is 1. The zero-order valence-electron chi connectivity index (χ0n) is 13.4. The SMILES string of the molecule is CCc1cccc(C)c1Sc1c(C#N)cnn1S(=O)(=O)N(C)C. The molecular formula is C15H18N4O2S2. The van der Waals surface area contributed by atoms with Crippen molar-refractivity contribution in [2.45, 2.75) is 30.2 Å². The van der Waals surface area contributed by atoms with Crippen LogP contribution >= 0.6 is 11.8 Å². The number of rotatable bonds is 5. The van der Waals surface area contributed by atoms with E-state index in [1.54, 1.807) is 0 Å². The molecule has 0 saturated heterocycles. The van der Waals surface area contributed by atoms with Crippen molar-refractivity contribution < 1.29 is 8.42 Å². The van der Waals surface area contributed by atoms with Gasteiger partial charge in [-0.3, -0.25) is 0 Å². The number of hydrogen-bond acceptors (Lipinski definition) is 5. The minimum Gasteiger partial charge on any atom is -0.192 e. The monoisotopic (exact) mass is 350 g/mol. The molecule has 23 heavy (non-hydrogen) atoms. The lowest BCUT2D eigenvalue weighted by molar-refractivity contribution is 0.498. The molecule has 0 atom stereocenters. The summed E-state index contributed by atoms with van der Waals surface area (Å²) in [6.07, 6.45) is 2.10. The van der Waals surface area contributed by atoms with Crippen LogP contribution in [-0.2, 0) is 16.6 Å². The van der Waals surface area contributed by atoms with Crippen LogP contribution in [-0.4, -0.2) is 36.0 Å². The second-order valence-corrected chi connectivity index (χ2v) is 8.10. The van der Waals surface area contributed by atoms with Crippen molar-refractivity contribution in [2.24, 2.45) is 0 Å². The van der Waals surface area contributed by atoms with Gasteiger partial charge in [-0.15, -0.1) is 4.09 Å². The van der Waals surface area contributed by atoms with Gasteiger partial charge >= 0.3 is 10.2 Å². The molecule has 0 radical (unpaired) electrons. The highest BCUT2D eigenvalue weighted by Gasteiger charge is 2.25. The van der Waals surface area contributed by atoms with Gasteiger partial charge < -0.3 is 0 Å². The van der Waals surface area contributed by atoms with E-state index < -0.39 is 10.2 Å². The molecular weight excluding hydrogens is 332 g/mol. The average molecular weight is 350 g/mol. The lowest BCUT2D eigenvalue weighted by Gasteiger charge is -2.15. The Bertz CT molecular complexity index is 864. The van der Waals surface area contributed by atoms with Crippen LogP contribution in [0.5, 0.6) is 0 Å². The molecule has 0 aliphatic carbocycles. The van der Waals surface area contributed by atoms with Crippen molar-refractivity contribution in [3.05, 3.63) is 41.1 Å². The van der Waals surface area contributed by atoms with Crippen molar-refractivity contribution in [3.63, 3.8) is 0 Å². The van der Waals surface area contributed by atoms with Gasteiger partial charge in [-0.2, -0.15) is 23.1 Å². The predicted octanol–water partition coefficient (Wildman–Crippen LogP) is 2.43. The number of aryl methyl sites for hydroxylation is 2. The molecule has 0 aliphatic heterocycles. The summed E-state index contributed by atoms with van der Waals surface area (Å²) in [4.78, 5) is 0.960. The van der Waals surface area contributed by atoms with Crippen molar-refractivity contribution in [2.75, 3.05) is 14.1 Å². The fourth-order valence-electron chi connectivity index (χ4n) is 2.04. The summed E-state index contributed by atoms with van der Waals surface area (Å²) in [6.45, 7) is 4.01. The molecule has 0 saturated carbocycles. The number of aromatic nitrogens is 2. The summed E-state index contributed by atoms with van der Waals surface area (Å²) in [7, 11) is -0.916. The predicted molar refractivity (Wildman–Crippen MR) is 89.6 cm³/mol. The zero-order chi connectivity index (χ0) is 17.2. The van der Waals surface area contributed by atoms with E-state index in [1.165, 1.54) is 32.1 Å². The normalized spacial score (nSPS) is 11.7. The summed E-state index contributed by atoms with van der Waals surface area (Å²) >= 11 is 1.27. The zero-order valence-corrected chi connectivity index (χ0v) is 15.1. The van der Waals surface area contributed by atoms with Gasteiger partial charge in [0.2, 0.25) is 0 Å². The van der Waals surface area contributed by atoms with Crippen LogP contribution < -0.4 is 0 Å². The van der Waals surface area contributed by atoms with E-state index in [2.05, 4.69) is 5.10 Å². The lowest BCUT2D eigenvalue weighted by Crippen LogP contribution is -2.30. The first kappa shape index (κ1) is 17.5. The molecule has 0 fully saturated rings. The summed E-state index contributed by atoms with van der Waals surface area (Å²) in [5.74, 6) is 0. The van der Waals surface area contributed by atoms with Crippen LogP contribution in [0, 0.1) is 18.3 Å². The quantitative estimate of drug-likeness (QED) is 0.827. The van der Waals surface area contributed by atoms with Crippen LogP contribution in [0.15, 0.2) is 34.3 Å². The first-order valence-electron chi connectivity index (χ1n) is 7.00. The second-order valence-electron chi connectivity index (χ2n) is 5.13. The molecule has 0 aliphatic rings. The first-order valence-corrected chi connectivity index (χ1v) is 9.21.